The Labute approximate surface area is 228 Å². The highest BCUT2D eigenvalue weighted by molar-refractivity contribution is 6.18. The predicted molar refractivity (Wildman–Crippen MR) is 153 cm³/mol. The standard InChI is InChI=1S/C31H51ClO2.C2H6/c1-22(2)8-4-5-9-23-12-14-27-26-13-11-24-20-25(34-29-10-6-7-19-33-29)15-18-31(24,21-32)28(26)16-17-30(23,27)3;1-2/h11,22-23,25-29H,4-10,12-21H2,1-3H3;1-2H3. The quantitative estimate of drug-likeness (QED) is 0.180. The fourth-order valence-corrected chi connectivity index (χ4v) is 9.85. The van der Waals surface area contributed by atoms with E-state index in [0.29, 0.717) is 11.5 Å². The lowest BCUT2D eigenvalue weighted by atomic mass is 9.47. The van der Waals surface area contributed by atoms with Crippen molar-refractivity contribution < 1.29 is 9.47 Å². The maximum Gasteiger partial charge on any atom is 0.157 e. The molecule has 36 heavy (non-hydrogen) atoms. The van der Waals surface area contributed by atoms with Crippen LogP contribution < -0.4 is 0 Å². The maximum atomic E-state index is 6.91. The van der Waals surface area contributed by atoms with Crippen molar-refractivity contribution in [2.45, 2.75) is 143 Å². The molecule has 0 amide bonds. The lowest BCUT2D eigenvalue weighted by Gasteiger charge is -2.59. The van der Waals surface area contributed by atoms with E-state index in [4.69, 9.17) is 21.1 Å². The lowest BCUT2D eigenvalue weighted by Crippen LogP contribution is -2.52. The van der Waals surface area contributed by atoms with E-state index in [-0.39, 0.29) is 11.7 Å². The van der Waals surface area contributed by atoms with Crippen LogP contribution in [0.3, 0.4) is 0 Å². The summed E-state index contributed by atoms with van der Waals surface area (Å²) in [6, 6.07) is 0. The van der Waals surface area contributed by atoms with E-state index in [1.54, 1.807) is 5.57 Å². The van der Waals surface area contributed by atoms with Crippen molar-refractivity contribution in [1.82, 2.24) is 0 Å². The van der Waals surface area contributed by atoms with Crippen LogP contribution in [0.25, 0.3) is 0 Å². The molecule has 1 heterocycles. The smallest absolute Gasteiger partial charge is 0.157 e. The third-order valence-corrected chi connectivity index (χ3v) is 11.8. The summed E-state index contributed by atoms with van der Waals surface area (Å²) in [4.78, 5) is 0. The van der Waals surface area contributed by atoms with Crippen molar-refractivity contribution in [1.29, 1.82) is 0 Å². The summed E-state index contributed by atoms with van der Waals surface area (Å²) in [6.45, 7) is 12.3. The monoisotopic (exact) mass is 520 g/mol. The maximum absolute atomic E-state index is 6.91. The molecule has 0 aromatic rings. The van der Waals surface area contributed by atoms with Crippen LogP contribution in [-0.2, 0) is 9.47 Å². The van der Waals surface area contributed by atoms with Gasteiger partial charge in [-0.3, -0.25) is 0 Å². The van der Waals surface area contributed by atoms with Crippen molar-refractivity contribution in [3.05, 3.63) is 11.6 Å². The number of rotatable bonds is 8. The van der Waals surface area contributed by atoms with E-state index in [1.807, 2.05) is 13.8 Å². The topological polar surface area (TPSA) is 18.5 Å². The normalized spacial score (nSPS) is 42.0. The number of alkyl halides is 1. The van der Waals surface area contributed by atoms with Crippen LogP contribution in [0, 0.1) is 40.4 Å². The van der Waals surface area contributed by atoms with Crippen molar-refractivity contribution >= 4 is 11.6 Å². The number of halogens is 1. The average Bonchev–Trinajstić information content (AvgIpc) is 3.24. The van der Waals surface area contributed by atoms with Crippen molar-refractivity contribution in [2.24, 2.45) is 40.4 Å². The van der Waals surface area contributed by atoms with E-state index >= 15 is 0 Å². The third kappa shape index (κ3) is 5.77. The minimum absolute atomic E-state index is 0.0329. The van der Waals surface area contributed by atoms with E-state index in [9.17, 15) is 0 Å². The number of ether oxygens (including phenoxy) is 2. The summed E-state index contributed by atoms with van der Waals surface area (Å²) < 4.78 is 12.4. The first-order valence-corrected chi connectivity index (χ1v) is 16.5. The van der Waals surface area contributed by atoms with Crippen LogP contribution in [0.1, 0.15) is 131 Å². The number of hydrogen-bond donors (Lipinski definition) is 0. The molecule has 3 heteroatoms. The van der Waals surface area contributed by atoms with E-state index in [0.717, 1.165) is 61.3 Å². The molecule has 8 unspecified atom stereocenters. The Balaban J connectivity index is 0.00000148. The molecule has 5 aliphatic rings. The Morgan fingerprint density at radius 1 is 1.03 bits per heavy atom. The molecular formula is C33H57ClO2. The van der Waals surface area contributed by atoms with E-state index in [1.165, 1.54) is 77.0 Å². The largest absolute Gasteiger partial charge is 0.353 e. The zero-order chi connectivity index (χ0) is 25.8. The van der Waals surface area contributed by atoms with Crippen LogP contribution in [0.4, 0.5) is 0 Å². The first kappa shape index (κ1) is 28.9. The first-order chi connectivity index (χ1) is 17.5. The molecule has 2 nitrogen and oxygen atoms in total. The molecule has 208 valence electrons. The average molecular weight is 521 g/mol. The summed E-state index contributed by atoms with van der Waals surface area (Å²) in [7, 11) is 0. The van der Waals surface area contributed by atoms with Gasteiger partial charge in [-0.25, -0.2) is 0 Å². The van der Waals surface area contributed by atoms with Crippen molar-refractivity contribution in [2.75, 3.05) is 12.5 Å². The summed E-state index contributed by atoms with van der Waals surface area (Å²) >= 11 is 6.91. The number of hydrogen-bond acceptors (Lipinski definition) is 2. The lowest BCUT2D eigenvalue weighted by molar-refractivity contribution is -0.195. The van der Waals surface area contributed by atoms with Gasteiger partial charge in [0.05, 0.1) is 6.10 Å². The summed E-state index contributed by atoms with van der Waals surface area (Å²) in [6.07, 6.45) is 22.8. The van der Waals surface area contributed by atoms with Gasteiger partial charge in [0, 0.05) is 17.9 Å². The SMILES string of the molecule is CC.CC(C)CCCCC1CCC2C3CC=C4CC(OC5CCCCO5)CCC4(CCl)C3CCC12C. The first-order valence-electron chi connectivity index (χ1n) is 16.0. The van der Waals surface area contributed by atoms with Crippen molar-refractivity contribution in [3.8, 4) is 0 Å². The van der Waals surface area contributed by atoms with Gasteiger partial charge < -0.3 is 9.47 Å². The minimum atomic E-state index is 0.0329. The molecule has 1 saturated heterocycles. The van der Waals surface area contributed by atoms with Crippen LogP contribution in [0.15, 0.2) is 11.6 Å². The molecule has 0 N–H and O–H groups in total. The molecule has 5 rings (SSSR count). The van der Waals surface area contributed by atoms with Gasteiger partial charge in [-0.05, 0) is 112 Å². The van der Waals surface area contributed by atoms with Gasteiger partial charge >= 0.3 is 0 Å². The molecule has 0 bridgehead atoms. The second kappa shape index (κ2) is 12.9. The Kier molecular flexibility index (Phi) is 10.3. The van der Waals surface area contributed by atoms with Gasteiger partial charge in [0.2, 0.25) is 0 Å². The number of fused-ring (bicyclic) bond motifs is 5. The molecule has 4 aliphatic carbocycles. The molecule has 0 aromatic carbocycles. The van der Waals surface area contributed by atoms with Gasteiger partial charge in [-0.15, -0.1) is 11.6 Å². The summed E-state index contributed by atoms with van der Waals surface area (Å²) in [5, 5.41) is 0. The van der Waals surface area contributed by atoms with Gasteiger partial charge in [0.25, 0.3) is 0 Å². The van der Waals surface area contributed by atoms with Gasteiger partial charge in [0.1, 0.15) is 0 Å². The van der Waals surface area contributed by atoms with Crippen molar-refractivity contribution in [3.63, 3.8) is 0 Å². The van der Waals surface area contributed by atoms with Crippen LogP contribution in [0.5, 0.6) is 0 Å². The van der Waals surface area contributed by atoms with E-state index in [2.05, 4.69) is 26.8 Å². The third-order valence-electron chi connectivity index (χ3n) is 11.3. The molecule has 0 aromatic heterocycles. The highest BCUT2D eigenvalue weighted by atomic mass is 35.5. The second-order valence-corrected chi connectivity index (χ2v) is 13.7. The highest BCUT2D eigenvalue weighted by Gasteiger charge is 2.59. The molecule has 8 atom stereocenters. The molecule has 0 spiro atoms. The Morgan fingerprint density at radius 2 is 1.86 bits per heavy atom. The fourth-order valence-electron chi connectivity index (χ4n) is 9.35. The van der Waals surface area contributed by atoms with Gasteiger partial charge in [-0.2, -0.15) is 0 Å². The summed E-state index contributed by atoms with van der Waals surface area (Å²) in [5.41, 5.74) is 2.48. The van der Waals surface area contributed by atoms with Crippen LogP contribution in [-0.4, -0.2) is 24.9 Å². The van der Waals surface area contributed by atoms with Gasteiger partial charge in [-0.1, -0.05) is 65.5 Å². The molecular weight excluding hydrogens is 464 g/mol. The molecule has 3 saturated carbocycles. The Morgan fingerprint density at radius 3 is 2.58 bits per heavy atom. The van der Waals surface area contributed by atoms with Crippen LogP contribution in [0.2, 0.25) is 0 Å². The molecule has 1 aliphatic heterocycles. The van der Waals surface area contributed by atoms with Crippen LogP contribution >= 0.6 is 11.6 Å². The molecule has 4 fully saturated rings. The Hall–Kier alpha value is -0.0500. The zero-order valence-electron chi connectivity index (χ0n) is 24.3. The number of unbranched alkanes of at least 4 members (excludes halogenated alkanes) is 1. The minimum Gasteiger partial charge on any atom is -0.353 e. The van der Waals surface area contributed by atoms with E-state index < -0.39 is 0 Å². The predicted octanol–water partition coefficient (Wildman–Crippen LogP) is 9.94. The second-order valence-electron chi connectivity index (χ2n) is 13.4. The van der Waals surface area contributed by atoms with Gasteiger partial charge in [0.15, 0.2) is 6.29 Å². The zero-order valence-corrected chi connectivity index (χ0v) is 25.1. The fraction of sp³-hybridized carbons (Fsp3) is 0.939. The number of allylic oxidation sites excluding steroid dienone is 1. The Bertz CT molecular complexity index is 712. The molecule has 0 radical (unpaired) electrons. The highest BCUT2D eigenvalue weighted by Crippen LogP contribution is 2.67. The summed E-state index contributed by atoms with van der Waals surface area (Å²) in [5.74, 6) is 5.21.